The molecule has 0 aliphatic carbocycles. The third-order valence-electron chi connectivity index (χ3n) is 3.49. The van der Waals surface area contributed by atoms with Crippen LogP contribution < -0.4 is 0 Å². The Bertz CT molecular complexity index is 181. The third-order valence-corrected chi connectivity index (χ3v) is 3.49. The van der Waals surface area contributed by atoms with Gasteiger partial charge in [-0.3, -0.25) is 4.90 Å². The van der Waals surface area contributed by atoms with Gasteiger partial charge in [0.25, 0.3) is 0 Å². The quantitative estimate of drug-likeness (QED) is 0.661. The summed E-state index contributed by atoms with van der Waals surface area (Å²) in [5.41, 5.74) is 0. The maximum Gasteiger partial charge on any atom is 0.0674 e. The topological polar surface area (TPSA) is 15.7 Å². The van der Waals surface area contributed by atoms with Gasteiger partial charge in [-0.1, -0.05) is 6.92 Å². The minimum absolute atomic E-state index is 0.343. The summed E-state index contributed by atoms with van der Waals surface area (Å²) < 4.78 is 5.91. The molecule has 0 bridgehead atoms. The monoisotopic (exact) mass is 228 g/mol. The van der Waals surface area contributed by atoms with Crippen LogP contribution in [-0.4, -0.2) is 61.8 Å². The highest BCUT2D eigenvalue weighted by atomic mass is 16.5. The van der Waals surface area contributed by atoms with E-state index in [0.717, 1.165) is 19.7 Å². The zero-order chi connectivity index (χ0) is 12.0. The van der Waals surface area contributed by atoms with E-state index in [1.807, 2.05) is 0 Å². The van der Waals surface area contributed by atoms with E-state index in [1.165, 1.54) is 25.9 Å². The van der Waals surface area contributed by atoms with Crippen LogP contribution in [0.5, 0.6) is 0 Å². The molecule has 0 N–H and O–H groups in total. The van der Waals surface area contributed by atoms with Crippen LogP contribution in [-0.2, 0) is 4.74 Å². The van der Waals surface area contributed by atoms with E-state index in [0.29, 0.717) is 12.1 Å². The summed E-state index contributed by atoms with van der Waals surface area (Å²) in [7, 11) is 2.14. The predicted octanol–water partition coefficient (Wildman–Crippen LogP) is 1.83. The van der Waals surface area contributed by atoms with Gasteiger partial charge < -0.3 is 9.64 Å². The van der Waals surface area contributed by atoms with Gasteiger partial charge in [-0.2, -0.15) is 0 Å². The molecule has 16 heavy (non-hydrogen) atoms. The van der Waals surface area contributed by atoms with Crippen LogP contribution >= 0.6 is 0 Å². The molecule has 2 atom stereocenters. The first-order chi connectivity index (χ1) is 7.63. The van der Waals surface area contributed by atoms with Crippen molar-refractivity contribution >= 4 is 0 Å². The first-order valence-electron chi connectivity index (χ1n) is 6.67. The van der Waals surface area contributed by atoms with Gasteiger partial charge in [0, 0.05) is 12.6 Å². The molecule has 1 rings (SSSR count). The normalized spacial score (nSPS) is 21.6. The summed E-state index contributed by atoms with van der Waals surface area (Å²) in [6.07, 6.45) is 3.06. The summed E-state index contributed by atoms with van der Waals surface area (Å²) in [6, 6.07) is 0.580. The standard InChI is InChI=1S/C13H28N2O/c1-5-14(4)10-13(3)16-11-12(2)15-8-6-7-9-15/h12-13H,5-11H2,1-4H3. The Morgan fingerprint density at radius 3 is 2.44 bits per heavy atom. The average Bonchev–Trinajstić information content (AvgIpc) is 2.79. The fourth-order valence-electron chi connectivity index (χ4n) is 2.21. The Hall–Kier alpha value is -0.120. The van der Waals surface area contributed by atoms with E-state index in [1.54, 1.807) is 0 Å². The molecule has 0 radical (unpaired) electrons. The first-order valence-corrected chi connectivity index (χ1v) is 6.67. The minimum atomic E-state index is 0.343. The van der Waals surface area contributed by atoms with Gasteiger partial charge in [-0.05, 0) is 53.4 Å². The third kappa shape index (κ3) is 4.81. The molecular formula is C13H28N2O. The van der Waals surface area contributed by atoms with Crippen LogP contribution in [0, 0.1) is 0 Å². The van der Waals surface area contributed by atoms with E-state index in [4.69, 9.17) is 4.74 Å². The van der Waals surface area contributed by atoms with Gasteiger partial charge in [-0.15, -0.1) is 0 Å². The van der Waals surface area contributed by atoms with E-state index in [9.17, 15) is 0 Å². The van der Waals surface area contributed by atoms with Gasteiger partial charge in [0.15, 0.2) is 0 Å². The van der Waals surface area contributed by atoms with Crippen LogP contribution in [0.1, 0.15) is 33.6 Å². The number of rotatable bonds is 7. The van der Waals surface area contributed by atoms with Crippen molar-refractivity contribution in [2.45, 2.75) is 45.8 Å². The van der Waals surface area contributed by atoms with Crippen LogP contribution in [0.2, 0.25) is 0 Å². The van der Waals surface area contributed by atoms with Crippen molar-refractivity contribution in [2.24, 2.45) is 0 Å². The van der Waals surface area contributed by atoms with Crippen molar-refractivity contribution in [1.29, 1.82) is 0 Å². The van der Waals surface area contributed by atoms with E-state index in [2.05, 4.69) is 37.6 Å². The average molecular weight is 228 g/mol. The summed E-state index contributed by atoms with van der Waals surface area (Å²) in [6.45, 7) is 12.1. The van der Waals surface area contributed by atoms with Gasteiger partial charge in [0.1, 0.15) is 0 Å². The number of nitrogens with zero attached hydrogens (tertiary/aromatic N) is 2. The lowest BCUT2D eigenvalue weighted by molar-refractivity contribution is 0.0130. The molecule has 0 aromatic rings. The highest BCUT2D eigenvalue weighted by Crippen LogP contribution is 2.12. The lowest BCUT2D eigenvalue weighted by Gasteiger charge is -2.26. The fraction of sp³-hybridized carbons (Fsp3) is 1.00. The molecule has 2 unspecified atom stereocenters. The zero-order valence-corrected chi connectivity index (χ0v) is 11.4. The van der Waals surface area contributed by atoms with E-state index in [-0.39, 0.29) is 0 Å². The summed E-state index contributed by atoms with van der Waals surface area (Å²) in [4.78, 5) is 4.83. The zero-order valence-electron chi connectivity index (χ0n) is 11.4. The molecule has 0 amide bonds. The molecule has 0 saturated carbocycles. The minimum Gasteiger partial charge on any atom is -0.376 e. The maximum atomic E-state index is 5.91. The summed E-state index contributed by atoms with van der Waals surface area (Å²) in [5.74, 6) is 0. The molecule has 96 valence electrons. The molecule has 0 spiro atoms. The van der Waals surface area contributed by atoms with Crippen molar-refractivity contribution in [1.82, 2.24) is 9.80 Å². The summed E-state index contributed by atoms with van der Waals surface area (Å²) >= 11 is 0. The lowest BCUT2D eigenvalue weighted by Crippen LogP contribution is -2.37. The second-order valence-electron chi connectivity index (χ2n) is 5.09. The van der Waals surface area contributed by atoms with Crippen LogP contribution in [0.4, 0.5) is 0 Å². The second kappa shape index (κ2) is 7.25. The highest BCUT2D eigenvalue weighted by Gasteiger charge is 2.18. The molecule has 0 aromatic carbocycles. The lowest BCUT2D eigenvalue weighted by atomic mass is 10.3. The SMILES string of the molecule is CCN(C)CC(C)OCC(C)N1CCCC1. The first kappa shape index (κ1) is 13.9. The molecule has 3 nitrogen and oxygen atoms in total. The van der Waals surface area contributed by atoms with Crippen molar-refractivity contribution in [2.75, 3.05) is 39.8 Å². The van der Waals surface area contributed by atoms with Gasteiger partial charge >= 0.3 is 0 Å². The Labute approximate surface area is 101 Å². The smallest absolute Gasteiger partial charge is 0.0674 e. The van der Waals surface area contributed by atoms with Crippen LogP contribution in [0.15, 0.2) is 0 Å². The number of likely N-dealkylation sites (tertiary alicyclic amines) is 1. The van der Waals surface area contributed by atoms with Crippen LogP contribution in [0.25, 0.3) is 0 Å². The molecule has 1 saturated heterocycles. The fourth-order valence-corrected chi connectivity index (χ4v) is 2.21. The van der Waals surface area contributed by atoms with Crippen molar-refractivity contribution in [3.63, 3.8) is 0 Å². The molecule has 1 heterocycles. The molecule has 3 heteroatoms. The number of hydrogen-bond acceptors (Lipinski definition) is 3. The number of hydrogen-bond donors (Lipinski definition) is 0. The Balaban J connectivity index is 2.12. The second-order valence-corrected chi connectivity index (χ2v) is 5.09. The molecule has 1 aliphatic rings. The highest BCUT2D eigenvalue weighted by molar-refractivity contribution is 4.73. The van der Waals surface area contributed by atoms with Crippen LogP contribution in [0.3, 0.4) is 0 Å². The molecule has 0 aromatic heterocycles. The predicted molar refractivity (Wildman–Crippen MR) is 68.9 cm³/mol. The Morgan fingerprint density at radius 1 is 1.25 bits per heavy atom. The van der Waals surface area contributed by atoms with Gasteiger partial charge in [0.2, 0.25) is 0 Å². The summed E-state index contributed by atoms with van der Waals surface area (Å²) in [5, 5.41) is 0. The molecule has 1 fully saturated rings. The molecule has 1 aliphatic heterocycles. The van der Waals surface area contributed by atoms with Crippen molar-refractivity contribution < 1.29 is 4.74 Å². The Morgan fingerprint density at radius 2 is 1.88 bits per heavy atom. The molecular weight excluding hydrogens is 200 g/mol. The van der Waals surface area contributed by atoms with E-state index >= 15 is 0 Å². The Kier molecular flexibility index (Phi) is 6.32. The van der Waals surface area contributed by atoms with Crippen molar-refractivity contribution in [3.05, 3.63) is 0 Å². The number of likely N-dealkylation sites (N-methyl/N-ethyl adjacent to an activating group) is 1. The largest absolute Gasteiger partial charge is 0.376 e. The van der Waals surface area contributed by atoms with Crippen molar-refractivity contribution in [3.8, 4) is 0 Å². The van der Waals surface area contributed by atoms with E-state index < -0.39 is 0 Å². The number of ether oxygens (including phenoxy) is 1. The van der Waals surface area contributed by atoms with Gasteiger partial charge in [0.05, 0.1) is 12.7 Å². The van der Waals surface area contributed by atoms with Gasteiger partial charge in [-0.25, -0.2) is 0 Å². The maximum absolute atomic E-state index is 5.91.